The predicted octanol–water partition coefficient (Wildman–Crippen LogP) is 8.77. The number of thioether (sulfide) groups is 1. The van der Waals surface area contributed by atoms with Gasteiger partial charge in [0, 0.05) is 122 Å². The first-order valence-electron chi connectivity index (χ1n) is 31.1. The molecule has 4 heterocycles. The molecule has 3 fully saturated rings. The number of carbonyl (C=O) groups is 5. The van der Waals surface area contributed by atoms with Gasteiger partial charge < -0.3 is 15.1 Å². The summed E-state index contributed by atoms with van der Waals surface area (Å²) in [7, 11) is -11.6. The van der Waals surface area contributed by atoms with E-state index in [1.54, 1.807) is 42.5 Å². The van der Waals surface area contributed by atoms with Crippen LogP contribution in [0, 0.1) is 5.41 Å². The summed E-state index contributed by atoms with van der Waals surface area (Å²) >= 11 is 7.27. The van der Waals surface area contributed by atoms with Gasteiger partial charge in [0.2, 0.25) is 5.91 Å². The number of halogens is 4. The van der Waals surface area contributed by atoms with Crippen molar-refractivity contribution in [2.24, 2.45) is 5.41 Å². The Balaban J connectivity index is 0.844. The Labute approximate surface area is 512 Å². The largest absolute Gasteiger partial charge is 0.501 e. The summed E-state index contributed by atoms with van der Waals surface area (Å²) in [5.74, 6) is -4.01. The van der Waals surface area contributed by atoms with Crippen molar-refractivity contribution < 1.29 is 64.9 Å². The number of sulfone groups is 1. The molecule has 0 saturated carbocycles. The summed E-state index contributed by atoms with van der Waals surface area (Å²) in [4.78, 5) is 67.9. The normalized spacial score (nSPS) is 22.6. The Morgan fingerprint density at radius 1 is 0.776 bits per heavy atom. The van der Waals surface area contributed by atoms with Crippen LogP contribution in [0.2, 0.25) is 5.02 Å². The number of rotatable bonds is 19. The van der Waals surface area contributed by atoms with Gasteiger partial charge in [0.1, 0.15) is 4.90 Å². The minimum absolute atomic E-state index is 0.0977. The van der Waals surface area contributed by atoms with Gasteiger partial charge in [0.05, 0.1) is 28.3 Å². The van der Waals surface area contributed by atoms with Crippen LogP contribution in [0.1, 0.15) is 99.1 Å². The van der Waals surface area contributed by atoms with Gasteiger partial charge in [-0.05, 0) is 127 Å². The molecular formula is C60H65ClF3N9O9S3. The monoisotopic (exact) mass is 1250 g/mol. The molecule has 1 aliphatic carbocycles. The van der Waals surface area contributed by atoms with Crippen molar-refractivity contribution in [1.29, 1.82) is 0 Å². The molecule has 450 valence electrons. The number of allylic oxidation sites excluding steroid dienone is 1. The van der Waals surface area contributed by atoms with Crippen molar-refractivity contribution in [3.63, 3.8) is 0 Å². The highest BCUT2D eigenvalue weighted by Crippen LogP contribution is 2.43. The van der Waals surface area contributed by atoms with Crippen molar-refractivity contribution in [3.05, 3.63) is 154 Å². The van der Waals surface area contributed by atoms with Gasteiger partial charge in [0.25, 0.3) is 37.6 Å². The molecule has 0 bridgehead atoms. The highest BCUT2D eigenvalue weighted by Gasteiger charge is 2.49. The molecule has 0 unspecified atom stereocenters. The molecule has 4 aliphatic heterocycles. The fourth-order valence-corrected chi connectivity index (χ4v) is 13.8. The Bertz CT molecular complexity index is 4020. The summed E-state index contributed by atoms with van der Waals surface area (Å²) in [6, 6.07) is 25.0. The van der Waals surface area contributed by atoms with Crippen LogP contribution in [0.3, 0.4) is 0 Å². The molecule has 1 atom stereocenters. The summed E-state index contributed by atoms with van der Waals surface area (Å²) < 4.78 is 174. The van der Waals surface area contributed by atoms with Crippen molar-refractivity contribution in [1.82, 2.24) is 34.8 Å². The van der Waals surface area contributed by atoms with E-state index in [9.17, 15) is 54.0 Å². The van der Waals surface area contributed by atoms with Crippen LogP contribution in [0.25, 0.3) is 5.57 Å². The maximum Gasteiger partial charge on any atom is 0.501 e. The molecule has 3 saturated heterocycles. The van der Waals surface area contributed by atoms with Crippen LogP contribution < -0.4 is 20.3 Å². The predicted molar refractivity (Wildman–Crippen MR) is 318 cm³/mol. The van der Waals surface area contributed by atoms with Gasteiger partial charge in [-0.1, -0.05) is 67.4 Å². The summed E-state index contributed by atoms with van der Waals surface area (Å²) in [5.41, 5.74) is -2.84. The second-order valence-electron chi connectivity index (χ2n) is 21.7. The van der Waals surface area contributed by atoms with E-state index in [2.05, 4.69) is 41.1 Å². The highest BCUT2D eigenvalue weighted by molar-refractivity contribution is 7.99. The lowest BCUT2D eigenvalue weighted by Gasteiger charge is -2.39. The smallest absolute Gasteiger partial charge is 0.380 e. The average molecular weight is 1250 g/mol. The first-order chi connectivity index (χ1) is 43.4. The number of urea groups is 1. The lowest BCUT2D eigenvalue weighted by molar-refractivity contribution is -0.122. The van der Waals surface area contributed by atoms with Crippen LogP contribution in [-0.2, 0) is 31.2 Å². The number of sulfonamides is 1. The van der Waals surface area contributed by atoms with Gasteiger partial charge in [-0.15, -0.1) is 11.8 Å². The molecule has 5 aliphatic rings. The SMILES string of the molecule is [2H]C1([2H])N(CC[C@H](CSc2ccccc2)Nc2ccc(S(=O)(=O)NC(=O)c3ccc(N4CCN(CC5=C(c6ccc(Cl)cc6)CCC(C)(C)C5)CC4)cc3)cc2S(=O)(=O)C(F)(F)F)C([2H])([2H])C([2H])([2H])N(Cc2ccc3c(c2)C(=O)N(N2CCC(=O)NC2=O)C3=O)C1([2H])[2H]. The molecule has 0 spiro atoms. The topological polar surface area (TPSA) is 209 Å². The Kier molecular flexibility index (Phi) is 15.3. The number of imide groups is 2. The Morgan fingerprint density at radius 3 is 2.14 bits per heavy atom. The van der Waals surface area contributed by atoms with E-state index in [-0.39, 0.29) is 62.3 Å². The average Bonchev–Trinajstić information content (AvgIpc) is 1.01. The Morgan fingerprint density at radius 2 is 1.46 bits per heavy atom. The van der Waals surface area contributed by atoms with Gasteiger partial charge in [0.15, 0.2) is 0 Å². The molecule has 10 rings (SSSR count). The van der Waals surface area contributed by atoms with Crippen molar-refractivity contribution in [2.45, 2.75) is 78.7 Å². The molecule has 5 aromatic rings. The first-order valence-corrected chi connectivity index (χ1v) is 31.5. The van der Waals surface area contributed by atoms with Crippen molar-refractivity contribution in [2.75, 3.05) is 87.8 Å². The number of alkyl halides is 3. The van der Waals surface area contributed by atoms with E-state index in [0.717, 1.165) is 91.2 Å². The minimum atomic E-state index is -6.45. The van der Waals surface area contributed by atoms with Crippen molar-refractivity contribution in [3.8, 4) is 0 Å². The number of fused-ring (bicyclic) bond motifs is 1. The summed E-state index contributed by atoms with van der Waals surface area (Å²) in [6.07, 6.45) is 2.18. The molecule has 18 nitrogen and oxygen atoms in total. The number of hydrogen-bond donors (Lipinski definition) is 3. The third-order valence-electron chi connectivity index (χ3n) is 15.2. The molecule has 85 heavy (non-hydrogen) atoms. The second kappa shape index (κ2) is 25.3. The number of nitrogens with zero attached hydrogens (tertiary/aromatic N) is 6. The van der Waals surface area contributed by atoms with E-state index < -0.39 is 122 Å². The fraction of sp³-hybridized carbons (Fsp3) is 0.383. The number of amides is 6. The van der Waals surface area contributed by atoms with E-state index in [1.807, 2.05) is 22.2 Å². The second-order valence-corrected chi connectivity index (χ2v) is 26.9. The molecule has 0 radical (unpaired) electrons. The highest BCUT2D eigenvalue weighted by atomic mass is 35.5. The van der Waals surface area contributed by atoms with Crippen LogP contribution in [0.4, 0.5) is 29.3 Å². The van der Waals surface area contributed by atoms with E-state index in [4.69, 9.17) is 22.6 Å². The zero-order valence-corrected chi connectivity index (χ0v) is 49.2. The van der Waals surface area contributed by atoms with E-state index in [0.29, 0.717) is 28.0 Å². The third-order valence-corrected chi connectivity index (χ3v) is 19.4. The number of benzene rings is 5. The zero-order valence-electron chi connectivity index (χ0n) is 54.0. The molecular weight excluding hydrogens is 1180 g/mol. The maximum absolute atomic E-state index is 14.7. The minimum Gasteiger partial charge on any atom is -0.380 e. The lowest BCUT2D eigenvalue weighted by Crippen LogP contribution is -2.58. The number of piperazine rings is 2. The first kappa shape index (κ1) is 51.4. The number of carbonyl (C=O) groups excluding carboxylic acids is 5. The maximum atomic E-state index is 14.7. The van der Waals surface area contributed by atoms with Gasteiger partial charge in [-0.2, -0.15) is 18.2 Å². The standard InChI is InChI=1S/C60H65ClF3N9O9S3/c1-59(2)23-20-49(41-9-13-44(61)14-10-41)43(36-59)38-70-30-32-71(33-31-70)46-15-11-42(12-16-46)55(75)67-85(81,82)48-17-19-52(53(35-48)84(79,80)60(62,63)64)65-45(39-83-47-6-4-3-5-7-47)21-24-68-26-28-69(29-27-68)37-40-8-18-50-51(34-40)57(77)73(56(50)76)72-25-22-54(74)66-58(72)78/h3-19,34-35,45,65H,20-33,36-39H2,1-2H3,(H,67,75)(H,66,74,78)/t45-/m1/s1/i26D2,27D2,28D2,29D2. The number of hydrazine groups is 1. The Hall–Kier alpha value is -6.80. The van der Waals surface area contributed by atoms with Crippen LogP contribution in [0.5, 0.6) is 0 Å². The zero-order chi connectivity index (χ0) is 67.6. The van der Waals surface area contributed by atoms with Gasteiger partial charge in [-0.25, -0.2) is 31.4 Å². The lowest BCUT2D eigenvalue weighted by atomic mass is 9.73. The number of anilines is 2. The molecule has 5 aromatic carbocycles. The number of hydrogen-bond acceptors (Lipinski definition) is 15. The van der Waals surface area contributed by atoms with Crippen LogP contribution in [-0.4, -0.2) is 160 Å². The van der Waals surface area contributed by atoms with Crippen molar-refractivity contribution >= 4 is 89.8 Å². The third kappa shape index (κ3) is 14.2. The summed E-state index contributed by atoms with van der Waals surface area (Å²) in [5, 5.41) is 6.57. The van der Waals surface area contributed by atoms with Gasteiger partial charge >= 0.3 is 11.5 Å². The van der Waals surface area contributed by atoms with Crippen LogP contribution >= 0.6 is 23.4 Å². The molecule has 6 amide bonds. The van der Waals surface area contributed by atoms with E-state index >= 15 is 0 Å². The fourth-order valence-electron chi connectivity index (χ4n) is 10.6. The molecule has 3 N–H and O–H groups in total. The number of nitrogens with one attached hydrogen (secondary N) is 3. The van der Waals surface area contributed by atoms with Crippen LogP contribution in [0.15, 0.2) is 136 Å². The van der Waals surface area contributed by atoms with Gasteiger partial charge in [-0.3, -0.25) is 34.3 Å². The molecule has 25 heteroatoms. The van der Waals surface area contributed by atoms with E-state index in [1.165, 1.54) is 29.3 Å². The summed E-state index contributed by atoms with van der Waals surface area (Å²) in [6.45, 7) is -7.91. The molecule has 0 aromatic heterocycles. The quantitative estimate of drug-likeness (QED) is 0.0521.